The van der Waals surface area contributed by atoms with Crippen LogP contribution < -0.4 is 43.0 Å². The molecule has 3 aliphatic heterocycles. The lowest BCUT2D eigenvalue weighted by molar-refractivity contribution is -0.147. The molecule has 2 saturated heterocycles. The topological polar surface area (TPSA) is 331 Å². The van der Waals surface area contributed by atoms with E-state index in [1.165, 1.54) is 65.4 Å². The van der Waals surface area contributed by atoms with E-state index < -0.39 is 107 Å². The number of hydrogen-bond acceptors (Lipinski definition) is 14. The summed E-state index contributed by atoms with van der Waals surface area (Å²) in [5.74, 6) is -4.97. The van der Waals surface area contributed by atoms with Gasteiger partial charge in [-0.15, -0.1) is 0 Å². The van der Waals surface area contributed by atoms with Gasteiger partial charge in [-0.1, -0.05) is 36.4 Å². The monoisotopic (exact) mass is 1350 g/mol. The number of aromatic nitrogens is 2. The van der Waals surface area contributed by atoms with Crippen LogP contribution in [0.25, 0.3) is 21.8 Å². The lowest BCUT2D eigenvalue weighted by atomic mass is 9.95. The van der Waals surface area contributed by atoms with Gasteiger partial charge in [0.1, 0.15) is 59.2 Å². The van der Waals surface area contributed by atoms with Gasteiger partial charge < -0.3 is 72.6 Å². The number of amides is 9. The van der Waals surface area contributed by atoms with Crippen LogP contribution in [0.2, 0.25) is 0 Å². The van der Waals surface area contributed by atoms with Crippen LogP contribution >= 0.6 is 23.5 Å². The lowest BCUT2D eigenvalue weighted by Gasteiger charge is -2.37. The smallest absolute Gasteiger partial charge is 0.246 e. The maximum absolute atomic E-state index is 15.4. The first-order chi connectivity index (χ1) is 45.7. The predicted octanol–water partition coefficient (Wildman–Crippen LogP) is 4.42. The highest BCUT2D eigenvalue weighted by molar-refractivity contribution is 7.98. The molecule has 0 saturated carbocycles. The van der Waals surface area contributed by atoms with Crippen LogP contribution in [0.5, 0.6) is 5.75 Å². The highest BCUT2D eigenvalue weighted by Crippen LogP contribution is 2.32. The summed E-state index contributed by atoms with van der Waals surface area (Å²) < 4.78 is 35.5. The molecule has 508 valence electrons. The number of aromatic amines is 2. The summed E-state index contributed by atoms with van der Waals surface area (Å²) in [6, 6.07) is 14.1. The number of phenols is 1. The Bertz CT molecular complexity index is 3740. The first kappa shape index (κ1) is 70.8. The van der Waals surface area contributed by atoms with Crippen LogP contribution in [0.3, 0.4) is 0 Å². The maximum atomic E-state index is 15.4. The Morgan fingerprint density at radius 1 is 0.663 bits per heavy atom. The van der Waals surface area contributed by atoms with E-state index in [0.29, 0.717) is 107 Å². The Balaban J connectivity index is 1.03. The third kappa shape index (κ3) is 18.5. The van der Waals surface area contributed by atoms with Crippen LogP contribution in [0, 0.1) is 11.6 Å². The molecule has 5 heterocycles. The van der Waals surface area contributed by atoms with Gasteiger partial charge >= 0.3 is 0 Å². The average Bonchev–Trinajstić information content (AvgIpc) is 1.72. The van der Waals surface area contributed by atoms with Crippen molar-refractivity contribution < 1.29 is 61.8 Å². The number of ether oxygens (including phenoxy) is 1. The molecular weight excluding hydrogens is 1260 g/mol. The number of carbonyl (C=O) groups is 9. The van der Waals surface area contributed by atoms with Crippen molar-refractivity contribution in [2.75, 3.05) is 51.3 Å². The fourth-order valence-corrected chi connectivity index (χ4v) is 14.2. The number of unbranched alkanes of at least 4 members (excludes halogenated alkanes) is 1. The zero-order chi connectivity index (χ0) is 67.8. The normalized spacial score (nSPS) is 23.7. The lowest BCUT2D eigenvalue weighted by Crippen LogP contribution is -2.63. The van der Waals surface area contributed by atoms with Gasteiger partial charge in [0, 0.05) is 110 Å². The molecule has 9 amide bonds. The standard InChI is InChI=1S/C68H84F2N12O11S2/c1-40(93-3)60-64(89)79-55(30-41-13-17-48(83)18-14-41)66(91)82-26-8-22-68(82,2)67(92)72-24-28-95-39-43-10-6-9-42(29-43)38-94-27-21-58(84)76-53(11-4-5-23-71)61(86)75-37-59(85)77-54(31-44-35-73-51-19-15-46(69)33-49(44)51)62(87)78-56(65(90)81-25-7-12-57(81)63(88)80-60)32-45-36-74-52-20-16-47(70)34-50(45)52/h6,9-10,13-20,29,33-36,40,53-57,60,73-74,83H,4-5,7-8,11-12,21-28,30-32,37-39,71H2,1-3H3,(H,72,92)(H,75,86)(H,76,84)(H,77,85)(H,78,87)(H,79,89)(H,80,88)/t40-,53-,54-,55-,56-,57-,60-,68-/m0/s1. The number of rotatable bonds is 12. The number of halogens is 2. The first-order valence-corrected chi connectivity index (χ1v) is 34.5. The SMILES string of the molecule is CO[C@@H](C)[C@@H]1NC(=O)[C@@H]2CCCN2C(=O)[C@H](Cc2c[nH]c3ccc(F)cc23)NC(=O)[C@H](Cc2c[nH]c3ccc(F)cc23)NC(=O)CNC(=O)[C@H](CCCCN)NC(=O)CCSCc2cccc(c2)CSCCNC(=O)[C@]2(C)CCCN2C(=O)[C@H](Cc2ccc(O)cc2)NC1=O. The van der Waals surface area contributed by atoms with Gasteiger partial charge in [-0.2, -0.15) is 23.5 Å². The molecular formula is C68H84F2N12O11S2. The van der Waals surface area contributed by atoms with Crippen LogP contribution in [-0.4, -0.2) is 177 Å². The van der Waals surface area contributed by atoms with Gasteiger partial charge in [0.25, 0.3) is 0 Å². The largest absolute Gasteiger partial charge is 0.508 e. The van der Waals surface area contributed by atoms with E-state index >= 15 is 14.4 Å². The Morgan fingerprint density at radius 2 is 1.29 bits per heavy atom. The summed E-state index contributed by atoms with van der Waals surface area (Å²) >= 11 is 3.16. The van der Waals surface area contributed by atoms with Gasteiger partial charge in [-0.25, -0.2) is 8.78 Å². The number of methoxy groups -OCH3 is 1. The molecule has 0 aliphatic carbocycles. The number of phenolic OH excluding ortho intramolecular Hbond substituents is 1. The minimum absolute atomic E-state index is 0.00836. The summed E-state index contributed by atoms with van der Waals surface area (Å²) in [4.78, 5) is 140. The first-order valence-electron chi connectivity index (χ1n) is 32.1. The molecule has 23 nitrogen and oxygen atoms in total. The number of nitrogens with zero attached hydrogens (tertiary/aromatic N) is 2. The van der Waals surface area contributed by atoms with Gasteiger partial charge in [0.15, 0.2) is 0 Å². The molecule has 0 unspecified atom stereocenters. The number of fused-ring (bicyclic) bond motifs is 6. The molecule has 9 rings (SSSR count). The number of thioether (sulfide) groups is 2. The predicted molar refractivity (Wildman–Crippen MR) is 358 cm³/mol. The molecule has 27 heteroatoms. The van der Waals surface area contributed by atoms with Crippen molar-refractivity contribution in [2.45, 2.75) is 144 Å². The third-order valence-electron chi connectivity index (χ3n) is 17.8. The van der Waals surface area contributed by atoms with E-state index in [2.05, 4.69) is 53.3 Å². The van der Waals surface area contributed by atoms with Crippen molar-refractivity contribution in [3.63, 3.8) is 0 Å². The number of benzene rings is 4. The third-order valence-corrected chi connectivity index (χ3v) is 19.8. The number of hydrogen-bond donors (Lipinski definition) is 11. The fourth-order valence-electron chi connectivity index (χ4n) is 12.5. The Kier molecular flexibility index (Phi) is 24.8. The summed E-state index contributed by atoms with van der Waals surface area (Å²) in [7, 11) is 1.34. The molecule has 0 radical (unpaired) electrons. The van der Waals surface area contributed by atoms with E-state index in [-0.39, 0.29) is 69.2 Å². The number of H-pyrrole nitrogens is 2. The zero-order valence-electron chi connectivity index (χ0n) is 53.5. The van der Waals surface area contributed by atoms with E-state index in [0.717, 1.165) is 11.1 Å². The van der Waals surface area contributed by atoms with Crippen molar-refractivity contribution in [2.24, 2.45) is 5.73 Å². The number of carbonyl (C=O) groups excluding carboxylic acids is 9. The Hall–Kier alpha value is -8.53. The van der Waals surface area contributed by atoms with E-state index in [1.54, 1.807) is 61.9 Å². The summed E-state index contributed by atoms with van der Waals surface area (Å²) in [5, 5.41) is 30.6. The van der Waals surface area contributed by atoms with Crippen LogP contribution in [0.1, 0.15) is 93.0 Å². The quantitative estimate of drug-likeness (QED) is 0.0756. The summed E-state index contributed by atoms with van der Waals surface area (Å²) in [6.07, 6.45) is 4.06. The second-order valence-electron chi connectivity index (χ2n) is 24.6. The molecule has 2 fully saturated rings. The van der Waals surface area contributed by atoms with E-state index in [1.807, 2.05) is 18.2 Å². The van der Waals surface area contributed by atoms with E-state index in [4.69, 9.17) is 10.5 Å². The minimum atomic E-state index is -1.51. The molecule has 2 bridgehead atoms. The van der Waals surface area contributed by atoms with Crippen molar-refractivity contribution in [1.82, 2.24) is 57.0 Å². The minimum Gasteiger partial charge on any atom is -0.508 e. The highest BCUT2D eigenvalue weighted by Gasteiger charge is 2.48. The van der Waals surface area contributed by atoms with Crippen molar-refractivity contribution >= 4 is 98.5 Å². The maximum Gasteiger partial charge on any atom is 0.246 e. The molecule has 3 aliphatic rings. The van der Waals surface area contributed by atoms with Crippen LogP contribution in [-0.2, 0) is 78.7 Å². The van der Waals surface area contributed by atoms with Crippen LogP contribution in [0.15, 0.2) is 97.3 Å². The fraction of sp³-hybridized carbons (Fsp3) is 0.456. The Morgan fingerprint density at radius 3 is 1.96 bits per heavy atom. The van der Waals surface area contributed by atoms with Crippen molar-refractivity contribution in [3.05, 3.63) is 137 Å². The number of nitrogens with one attached hydrogen (secondary N) is 9. The van der Waals surface area contributed by atoms with Gasteiger partial charge in [0.2, 0.25) is 53.2 Å². The molecule has 6 aromatic rings. The molecule has 12 N–H and O–H groups in total. The van der Waals surface area contributed by atoms with Gasteiger partial charge in [0.05, 0.1) is 12.6 Å². The highest BCUT2D eigenvalue weighted by atomic mass is 32.2. The van der Waals surface area contributed by atoms with Gasteiger partial charge in [-0.05, 0) is 142 Å². The second kappa shape index (κ2) is 33.2. The average molecular weight is 1350 g/mol. The molecule has 95 heavy (non-hydrogen) atoms. The number of nitrogens with two attached hydrogens (primary N) is 1. The van der Waals surface area contributed by atoms with Crippen molar-refractivity contribution in [3.8, 4) is 5.75 Å². The zero-order valence-corrected chi connectivity index (χ0v) is 55.1. The molecule has 0 spiro atoms. The van der Waals surface area contributed by atoms with Gasteiger partial charge in [-0.3, -0.25) is 43.2 Å². The number of aromatic hydroxyl groups is 1. The molecule has 2 aromatic heterocycles. The Labute approximate surface area is 558 Å². The van der Waals surface area contributed by atoms with Crippen molar-refractivity contribution in [1.29, 1.82) is 0 Å². The molecule has 4 aromatic carbocycles. The summed E-state index contributed by atoms with van der Waals surface area (Å²) in [5.41, 5.74) is 9.00. The summed E-state index contributed by atoms with van der Waals surface area (Å²) in [6.45, 7) is 3.44. The van der Waals surface area contributed by atoms with E-state index in [9.17, 15) is 42.7 Å². The molecule has 8 atom stereocenters. The van der Waals surface area contributed by atoms with Crippen LogP contribution in [0.4, 0.5) is 8.78 Å². The second-order valence-corrected chi connectivity index (χ2v) is 26.8.